The summed E-state index contributed by atoms with van der Waals surface area (Å²) in [6, 6.07) is 3.45. The molecule has 1 N–H and O–H groups in total. The molecule has 142 valence electrons. The van der Waals surface area contributed by atoms with E-state index < -0.39 is 11.6 Å². The minimum absolute atomic E-state index is 0.0173. The zero-order valence-electron chi connectivity index (χ0n) is 15.9. The third kappa shape index (κ3) is 3.63. The molecule has 7 heteroatoms. The van der Waals surface area contributed by atoms with Crippen LogP contribution in [0, 0.1) is 11.3 Å². The lowest BCUT2D eigenvalue weighted by molar-refractivity contribution is -0.140. The molecule has 26 heavy (non-hydrogen) atoms. The summed E-state index contributed by atoms with van der Waals surface area (Å²) in [6.45, 7) is 6.65. The highest BCUT2D eigenvalue weighted by Crippen LogP contribution is 2.46. The third-order valence-corrected chi connectivity index (χ3v) is 6.18. The average molecular weight is 378 g/mol. The van der Waals surface area contributed by atoms with Crippen LogP contribution in [0.3, 0.4) is 0 Å². The number of imide groups is 1. The van der Waals surface area contributed by atoms with Gasteiger partial charge >= 0.3 is 6.03 Å². The summed E-state index contributed by atoms with van der Waals surface area (Å²) in [6.07, 6.45) is 2.28. The molecule has 0 bridgehead atoms. The quantitative estimate of drug-likeness (QED) is 0.821. The maximum absolute atomic E-state index is 13.1. The fourth-order valence-corrected chi connectivity index (χ4v) is 5.39. The number of urea groups is 1. The predicted molar refractivity (Wildman–Crippen MR) is 101 cm³/mol. The van der Waals surface area contributed by atoms with Crippen LogP contribution in [-0.2, 0) is 16.1 Å². The van der Waals surface area contributed by atoms with E-state index in [4.69, 9.17) is 0 Å². The van der Waals surface area contributed by atoms with E-state index in [-0.39, 0.29) is 23.8 Å². The molecule has 1 saturated carbocycles. The number of nitrogens with one attached hydrogen (secondary N) is 1. The Kier molecular flexibility index (Phi) is 4.86. The first-order valence-corrected chi connectivity index (χ1v) is 9.90. The Morgan fingerprint density at radius 1 is 1.38 bits per heavy atom. The van der Waals surface area contributed by atoms with Crippen molar-refractivity contribution in [3.63, 3.8) is 0 Å². The molecule has 0 aromatic carbocycles. The van der Waals surface area contributed by atoms with Crippen molar-refractivity contribution < 1.29 is 14.4 Å². The van der Waals surface area contributed by atoms with Crippen LogP contribution in [0.4, 0.5) is 4.79 Å². The molecule has 6 nitrogen and oxygen atoms in total. The molecular weight excluding hydrogens is 350 g/mol. The Labute approximate surface area is 158 Å². The highest BCUT2D eigenvalue weighted by Gasteiger charge is 2.56. The third-order valence-electron chi connectivity index (χ3n) is 5.32. The van der Waals surface area contributed by atoms with Crippen LogP contribution in [0.15, 0.2) is 17.5 Å². The van der Waals surface area contributed by atoms with E-state index in [2.05, 4.69) is 26.1 Å². The minimum Gasteiger partial charge on any atom is -0.339 e. The summed E-state index contributed by atoms with van der Waals surface area (Å²) in [4.78, 5) is 41.8. The largest absolute Gasteiger partial charge is 0.339 e. The lowest BCUT2D eigenvalue weighted by Crippen LogP contribution is -2.54. The molecule has 1 aromatic rings. The highest BCUT2D eigenvalue weighted by atomic mass is 32.1. The fraction of sp³-hybridized carbons (Fsp3) is 0.632. The molecule has 2 aliphatic rings. The number of rotatable bonds is 4. The van der Waals surface area contributed by atoms with Gasteiger partial charge in [0, 0.05) is 11.9 Å². The van der Waals surface area contributed by atoms with Crippen molar-refractivity contribution in [1.82, 2.24) is 15.1 Å². The number of carbonyl (C=O) groups excluding carboxylic acids is 3. The molecule has 2 atom stereocenters. The van der Waals surface area contributed by atoms with Crippen molar-refractivity contribution >= 4 is 29.2 Å². The van der Waals surface area contributed by atoms with Gasteiger partial charge in [-0.3, -0.25) is 14.5 Å². The Hall–Kier alpha value is -1.89. The number of thiophene rings is 1. The van der Waals surface area contributed by atoms with E-state index in [0.717, 1.165) is 16.2 Å². The molecule has 1 aromatic heterocycles. The van der Waals surface area contributed by atoms with E-state index in [1.165, 1.54) is 0 Å². The highest BCUT2D eigenvalue weighted by molar-refractivity contribution is 7.09. The molecule has 3 rings (SSSR count). The summed E-state index contributed by atoms with van der Waals surface area (Å²) >= 11 is 1.58. The summed E-state index contributed by atoms with van der Waals surface area (Å²) in [5, 5.41) is 4.87. The van der Waals surface area contributed by atoms with Crippen LogP contribution >= 0.6 is 11.3 Å². The maximum Gasteiger partial charge on any atom is 0.325 e. The molecule has 2 unspecified atom stereocenters. The van der Waals surface area contributed by atoms with E-state index in [1.807, 2.05) is 17.5 Å². The molecule has 2 heterocycles. The van der Waals surface area contributed by atoms with Gasteiger partial charge < -0.3 is 10.2 Å². The number of hydrogen-bond donors (Lipinski definition) is 1. The van der Waals surface area contributed by atoms with Gasteiger partial charge in [-0.25, -0.2) is 4.79 Å². The zero-order valence-corrected chi connectivity index (χ0v) is 16.7. The lowest BCUT2D eigenvalue weighted by Gasteiger charge is -2.43. The average Bonchev–Trinajstić information content (AvgIpc) is 3.08. The molecule has 2 fully saturated rings. The number of hydrogen-bond acceptors (Lipinski definition) is 4. The SMILES string of the molecule is CC1CC(C)(C)CC2(C1)NC(=O)N(CC(=O)N(C)Cc1cccs1)C2=O. The van der Waals surface area contributed by atoms with E-state index >= 15 is 0 Å². The standard InChI is InChI=1S/C19H27N3O3S/c1-13-8-18(2,3)12-19(9-13)16(24)22(17(25)20-19)11-15(23)21(4)10-14-6-5-7-26-14/h5-7,13H,8-12H2,1-4H3,(H,20,25). The molecule has 4 amide bonds. The van der Waals surface area contributed by atoms with Crippen LogP contribution in [0.25, 0.3) is 0 Å². The van der Waals surface area contributed by atoms with Gasteiger partial charge in [0.25, 0.3) is 5.91 Å². The maximum atomic E-state index is 13.1. The second-order valence-electron chi connectivity index (χ2n) is 8.59. The van der Waals surface area contributed by atoms with E-state index in [1.54, 1.807) is 23.3 Å². The number of likely N-dealkylation sites (N-methyl/N-ethyl adjacent to an activating group) is 1. The number of amides is 4. The molecule has 1 saturated heterocycles. The van der Waals surface area contributed by atoms with Crippen molar-refractivity contribution in [3.05, 3.63) is 22.4 Å². The Morgan fingerprint density at radius 2 is 2.12 bits per heavy atom. The Bertz CT molecular complexity index is 716. The Morgan fingerprint density at radius 3 is 2.73 bits per heavy atom. The molecule has 1 aliphatic heterocycles. The van der Waals surface area contributed by atoms with Crippen molar-refractivity contribution in [1.29, 1.82) is 0 Å². The minimum atomic E-state index is -0.856. The topological polar surface area (TPSA) is 69.7 Å². The van der Waals surface area contributed by atoms with Crippen molar-refractivity contribution in [2.24, 2.45) is 11.3 Å². The van der Waals surface area contributed by atoms with Crippen molar-refractivity contribution in [3.8, 4) is 0 Å². The van der Waals surface area contributed by atoms with Crippen molar-refractivity contribution in [2.45, 2.75) is 52.1 Å². The van der Waals surface area contributed by atoms with Gasteiger partial charge in [-0.15, -0.1) is 11.3 Å². The van der Waals surface area contributed by atoms with Gasteiger partial charge in [-0.1, -0.05) is 26.8 Å². The summed E-state index contributed by atoms with van der Waals surface area (Å²) in [7, 11) is 1.70. The molecular formula is C19H27N3O3S. The second-order valence-corrected chi connectivity index (χ2v) is 9.62. The summed E-state index contributed by atoms with van der Waals surface area (Å²) in [5.74, 6) is -0.137. The summed E-state index contributed by atoms with van der Waals surface area (Å²) < 4.78 is 0. The first kappa shape index (κ1) is 18.9. The van der Waals surface area contributed by atoms with Crippen molar-refractivity contribution in [2.75, 3.05) is 13.6 Å². The lowest BCUT2D eigenvalue weighted by atomic mass is 9.64. The van der Waals surface area contributed by atoms with Crippen LogP contribution in [0.1, 0.15) is 44.9 Å². The van der Waals surface area contributed by atoms with Gasteiger partial charge in [0.05, 0.1) is 6.54 Å². The van der Waals surface area contributed by atoms with Gasteiger partial charge in [0.2, 0.25) is 5.91 Å². The van der Waals surface area contributed by atoms with E-state index in [0.29, 0.717) is 25.3 Å². The molecule has 1 aliphatic carbocycles. The summed E-state index contributed by atoms with van der Waals surface area (Å²) in [5.41, 5.74) is -0.874. The fourth-order valence-electron chi connectivity index (χ4n) is 4.63. The Balaban J connectivity index is 1.70. The molecule has 1 spiro atoms. The monoisotopic (exact) mass is 377 g/mol. The van der Waals surface area contributed by atoms with Gasteiger partial charge in [-0.2, -0.15) is 0 Å². The number of nitrogens with zero attached hydrogens (tertiary/aromatic N) is 2. The van der Waals surface area contributed by atoms with Crippen LogP contribution in [0.5, 0.6) is 0 Å². The van der Waals surface area contributed by atoms with E-state index in [9.17, 15) is 14.4 Å². The first-order chi connectivity index (χ1) is 12.1. The van der Waals surface area contributed by atoms with Gasteiger partial charge in [-0.05, 0) is 42.0 Å². The smallest absolute Gasteiger partial charge is 0.325 e. The second kappa shape index (κ2) is 6.68. The predicted octanol–water partition coefficient (Wildman–Crippen LogP) is 2.84. The van der Waals surface area contributed by atoms with Gasteiger partial charge in [0.1, 0.15) is 12.1 Å². The zero-order chi connectivity index (χ0) is 19.1. The van der Waals surface area contributed by atoms with Crippen LogP contribution in [-0.4, -0.2) is 46.8 Å². The normalized spacial score (nSPS) is 27.7. The van der Waals surface area contributed by atoms with Gasteiger partial charge in [0.15, 0.2) is 0 Å². The molecule has 0 radical (unpaired) electrons. The first-order valence-electron chi connectivity index (χ1n) is 9.02. The van der Waals surface area contributed by atoms with Crippen LogP contribution < -0.4 is 5.32 Å². The number of carbonyl (C=O) groups is 3. The van der Waals surface area contributed by atoms with Crippen LogP contribution in [0.2, 0.25) is 0 Å².